The maximum Gasteiger partial charge on any atom is 0.347 e. The Morgan fingerprint density at radius 1 is 1.50 bits per heavy atom. The molecule has 1 aromatic rings. The standard InChI is InChI=1S/C11H18N2O2S/c1-11(2,3)9-8(10(14)15)16-7(13-9)5-6-12-4/h12H,5-6H2,1-4H3,(H,14,15). The van der Waals surface area contributed by atoms with E-state index in [1.165, 1.54) is 11.3 Å². The molecule has 0 bridgehead atoms. The highest BCUT2D eigenvalue weighted by atomic mass is 32.1. The summed E-state index contributed by atoms with van der Waals surface area (Å²) in [5.41, 5.74) is 0.471. The molecule has 0 unspecified atom stereocenters. The van der Waals surface area contributed by atoms with E-state index >= 15 is 0 Å². The van der Waals surface area contributed by atoms with Gasteiger partial charge in [0.1, 0.15) is 4.88 Å². The maximum atomic E-state index is 11.1. The second-order valence-corrected chi connectivity index (χ2v) is 5.78. The molecular formula is C11H18N2O2S. The first-order valence-electron chi connectivity index (χ1n) is 5.24. The van der Waals surface area contributed by atoms with Crippen LogP contribution in [0.2, 0.25) is 0 Å². The molecular weight excluding hydrogens is 224 g/mol. The molecule has 0 fully saturated rings. The molecule has 5 heteroatoms. The van der Waals surface area contributed by atoms with Crippen molar-refractivity contribution in [2.24, 2.45) is 0 Å². The van der Waals surface area contributed by atoms with Crippen LogP contribution >= 0.6 is 11.3 Å². The number of likely N-dealkylation sites (N-methyl/N-ethyl adjacent to an activating group) is 1. The zero-order valence-electron chi connectivity index (χ0n) is 10.1. The van der Waals surface area contributed by atoms with E-state index in [0.29, 0.717) is 10.6 Å². The molecule has 1 rings (SSSR count). The van der Waals surface area contributed by atoms with Gasteiger partial charge in [0, 0.05) is 18.4 Å². The Labute approximate surface area is 99.7 Å². The van der Waals surface area contributed by atoms with E-state index in [-0.39, 0.29) is 5.41 Å². The molecule has 2 N–H and O–H groups in total. The molecule has 0 aromatic carbocycles. The lowest BCUT2D eigenvalue weighted by Crippen LogP contribution is -2.16. The van der Waals surface area contributed by atoms with Crippen molar-refractivity contribution in [1.82, 2.24) is 10.3 Å². The fourth-order valence-electron chi connectivity index (χ4n) is 1.36. The number of carboxylic acids is 1. The van der Waals surface area contributed by atoms with Crippen LogP contribution in [0.1, 0.15) is 41.1 Å². The van der Waals surface area contributed by atoms with Gasteiger partial charge in [0.25, 0.3) is 0 Å². The van der Waals surface area contributed by atoms with Crippen molar-refractivity contribution in [2.75, 3.05) is 13.6 Å². The Morgan fingerprint density at radius 2 is 2.12 bits per heavy atom. The first-order valence-corrected chi connectivity index (χ1v) is 6.06. The van der Waals surface area contributed by atoms with Crippen molar-refractivity contribution in [3.05, 3.63) is 15.6 Å². The number of carbonyl (C=O) groups is 1. The minimum Gasteiger partial charge on any atom is -0.477 e. The van der Waals surface area contributed by atoms with Crippen LogP contribution in [0.4, 0.5) is 0 Å². The highest BCUT2D eigenvalue weighted by Crippen LogP contribution is 2.29. The van der Waals surface area contributed by atoms with E-state index in [9.17, 15) is 4.79 Å². The summed E-state index contributed by atoms with van der Waals surface area (Å²) < 4.78 is 0. The number of aromatic nitrogens is 1. The van der Waals surface area contributed by atoms with Crippen LogP contribution in [0.3, 0.4) is 0 Å². The molecule has 0 radical (unpaired) electrons. The van der Waals surface area contributed by atoms with Crippen LogP contribution in [0.15, 0.2) is 0 Å². The molecule has 0 amide bonds. The Balaban J connectivity index is 3.06. The van der Waals surface area contributed by atoms with E-state index in [2.05, 4.69) is 10.3 Å². The van der Waals surface area contributed by atoms with Crippen molar-refractivity contribution in [3.63, 3.8) is 0 Å². The van der Waals surface area contributed by atoms with Crippen LogP contribution < -0.4 is 5.32 Å². The third-order valence-electron chi connectivity index (χ3n) is 2.16. The average Bonchev–Trinajstić information content (AvgIpc) is 2.58. The van der Waals surface area contributed by atoms with Gasteiger partial charge >= 0.3 is 5.97 Å². The number of carboxylic acid groups (broad SMARTS) is 1. The Kier molecular flexibility index (Phi) is 4.04. The van der Waals surface area contributed by atoms with E-state index in [1.807, 2.05) is 27.8 Å². The lowest BCUT2D eigenvalue weighted by atomic mass is 9.91. The van der Waals surface area contributed by atoms with Gasteiger partial charge in [-0.15, -0.1) is 11.3 Å². The first-order chi connectivity index (χ1) is 7.36. The smallest absolute Gasteiger partial charge is 0.347 e. The summed E-state index contributed by atoms with van der Waals surface area (Å²) in [5.74, 6) is -0.877. The van der Waals surface area contributed by atoms with E-state index in [4.69, 9.17) is 5.11 Å². The fraction of sp³-hybridized carbons (Fsp3) is 0.636. The topological polar surface area (TPSA) is 62.2 Å². The van der Waals surface area contributed by atoms with Crippen LogP contribution in [0.5, 0.6) is 0 Å². The number of rotatable bonds is 4. The van der Waals surface area contributed by atoms with Gasteiger partial charge in [0.15, 0.2) is 0 Å². The van der Waals surface area contributed by atoms with Crippen LogP contribution in [-0.4, -0.2) is 29.7 Å². The van der Waals surface area contributed by atoms with Crippen molar-refractivity contribution in [3.8, 4) is 0 Å². The van der Waals surface area contributed by atoms with Crippen molar-refractivity contribution >= 4 is 17.3 Å². The van der Waals surface area contributed by atoms with Gasteiger partial charge in [-0.1, -0.05) is 20.8 Å². The van der Waals surface area contributed by atoms with Crippen molar-refractivity contribution in [1.29, 1.82) is 0 Å². The van der Waals surface area contributed by atoms with Crippen LogP contribution in [0.25, 0.3) is 0 Å². The molecule has 4 nitrogen and oxygen atoms in total. The van der Waals surface area contributed by atoms with Gasteiger partial charge in [-0.05, 0) is 7.05 Å². The molecule has 1 heterocycles. The predicted octanol–water partition coefficient (Wildman–Crippen LogP) is 1.90. The maximum absolute atomic E-state index is 11.1. The minimum atomic E-state index is -0.877. The highest BCUT2D eigenvalue weighted by molar-refractivity contribution is 7.13. The molecule has 0 aliphatic carbocycles. The van der Waals surface area contributed by atoms with E-state index in [1.54, 1.807) is 0 Å². The summed E-state index contributed by atoms with van der Waals surface area (Å²) in [6.07, 6.45) is 0.775. The fourth-order valence-corrected chi connectivity index (χ4v) is 2.47. The summed E-state index contributed by atoms with van der Waals surface area (Å²) in [7, 11) is 1.87. The summed E-state index contributed by atoms with van der Waals surface area (Å²) in [6.45, 7) is 6.76. The second kappa shape index (κ2) is 4.93. The third-order valence-corrected chi connectivity index (χ3v) is 3.27. The van der Waals surface area contributed by atoms with Crippen LogP contribution in [-0.2, 0) is 11.8 Å². The third kappa shape index (κ3) is 3.02. The number of nitrogens with zero attached hydrogens (tertiary/aromatic N) is 1. The monoisotopic (exact) mass is 242 g/mol. The molecule has 90 valence electrons. The van der Waals surface area contributed by atoms with E-state index < -0.39 is 5.97 Å². The molecule has 0 spiro atoms. The Hall–Kier alpha value is -0.940. The second-order valence-electron chi connectivity index (χ2n) is 4.69. The first kappa shape index (κ1) is 13.1. The quantitative estimate of drug-likeness (QED) is 0.846. The number of aromatic carboxylic acids is 1. The van der Waals surface area contributed by atoms with Gasteiger partial charge in [0.05, 0.1) is 10.7 Å². The lowest BCUT2D eigenvalue weighted by Gasteiger charge is -2.16. The zero-order chi connectivity index (χ0) is 12.3. The van der Waals surface area contributed by atoms with Gasteiger partial charge in [-0.3, -0.25) is 0 Å². The molecule has 0 saturated heterocycles. The summed E-state index contributed by atoms with van der Waals surface area (Å²) in [6, 6.07) is 0. The van der Waals surface area contributed by atoms with Crippen molar-refractivity contribution in [2.45, 2.75) is 32.6 Å². The van der Waals surface area contributed by atoms with E-state index in [0.717, 1.165) is 18.0 Å². The van der Waals surface area contributed by atoms with Gasteiger partial charge < -0.3 is 10.4 Å². The van der Waals surface area contributed by atoms with Gasteiger partial charge in [0.2, 0.25) is 0 Å². The summed E-state index contributed by atoms with van der Waals surface area (Å²) in [5, 5.41) is 13.0. The Morgan fingerprint density at radius 3 is 2.50 bits per heavy atom. The van der Waals surface area contributed by atoms with Gasteiger partial charge in [-0.2, -0.15) is 0 Å². The SMILES string of the molecule is CNCCc1nc(C(C)(C)C)c(C(=O)O)s1. The number of thiazole rings is 1. The Bertz CT molecular complexity index is 380. The minimum absolute atomic E-state index is 0.220. The summed E-state index contributed by atoms with van der Waals surface area (Å²) in [4.78, 5) is 15.9. The van der Waals surface area contributed by atoms with Gasteiger partial charge in [-0.25, -0.2) is 9.78 Å². The molecule has 16 heavy (non-hydrogen) atoms. The molecule has 0 aliphatic heterocycles. The number of hydrogen-bond acceptors (Lipinski definition) is 4. The largest absolute Gasteiger partial charge is 0.477 e. The molecule has 0 aliphatic rings. The van der Waals surface area contributed by atoms with Crippen LogP contribution in [0, 0.1) is 0 Å². The van der Waals surface area contributed by atoms with Crippen molar-refractivity contribution < 1.29 is 9.90 Å². The molecule has 1 aromatic heterocycles. The lowest BCUT2D eigenvalue weighted by molar-refractivity contribution is 0.0699. The normalized spacial score (nSPS) is 11.8. The summed E-state index contributed by atoms with van der Waals surface area (Å²) >= 11 is 1.28. The highest BCUT2D eigenvalue weighted by Gasteiger charge is 2.26. The molecule has 0 atom stereocenters. The average molecular weight is 242 g/mol. The molecule has 0 saturated carbocycles. The zero-order valence-corrected chi connectivity index (χ0v) is 10.9. The predicted molar refractivity (Wildman–Crippen MR) is 65.4 cm³/mol. The number of nitrogens with one attached hydrogen (secondary N) is 1. The number of hydrogen-bond donors (Lipinski definition) is 2.